The molecule has 3 rings (SSSR count). The molecule has 1 aromatic carbocycles. The summed E-state index contributed by atoms with van der Waals surface area (Å²) in [5.41, 5.74) is 2.61. The Morgan fingerprint density at radius 1 is 1.23 bits per heavy atom. The summed E-state index contributed by atoms with van der Waals surface area (Å²) in [6, 6.07) is 9.10. The zero-order chi connectivity index (χ0) is 15.5. The molecule has 1 saturated carbocycles. The monoisotopic (exact) mass is 300 g/mol. The predicted octanol–water partition coefficient (Wildman–Crippen LogP) is 3.29. The molecular formula is C19H28N2O. The zero-order valence-corrected chi connectivity index (χ0v) is 13.8. The van der Waals surface area contributed by atoms with Crippen molar-refractivity contribution in [2.24, 2.45) is 11.8 Å². The molecule has 1 aliphatic heterocycles. The van der Waals surface area contributed by atoms with Gasteiger partial charge in [0, 0.05) is 12.5 Å². The summed E-state index contributed by atoms with van der Waals surface area (Å²) in [6.45, 7) is 7.22. The SMILES string of the molecule is Cc1ccc(C(CNC(=O)C(C)C2CC2)N2CCCC2)cc1. The lowest BCUT2D eigenvalue weighted by atomic mass is 10.0. The first-order valence-electron chi connectivity index (χ1n) is 8.73. The van der Waals surface area contributed by atoms with Crippen LogP contribution in [0.3, 0.4) is 0 Å². The minimum absolute atomic E-state index is 0.178. The van der Waals surface area contributed by atoms with Crippen molar-refractivity contribution >= 4 is 5.91 Å². The first-order chi connectivity index (χ1) is 10.6. The van der Waals surface area contributed by atoms with E-state index in [4.69, 9.17) is 0 Å². The lowest BCUT2D eigenvalue weighted by Gasteiger charge is -2.29. The highest BCUT2D eigenvalue weighted by Gasteiger charge is 2.33. The van der Waals surface area contributed by atoms with Crippen molar-refractivity contribution < 1.29 is 4.79 Å². The van der Waals surface area contributed by atoms with E-state index in [1.165, 1.54) is 36.8 Å². The highest BCUT2D eigenvalue weighted by atomic mass is 16.1. The van der Waals surface area contributed by atoms with Crippen molar-refractivity contribution in [3.8, 4) is 0 Å². The molecule has 0 radical (unpaired) electrons. The summed E-state index contributed by atoms with van der Waals surface area (Å²) < 4.78 is 0. The van der Waals surface area contributed by atoms with E-state index >= 15 is 0 Å². The Kier molecular flexibility index (Phi) is 4.82. The van der Waals surface area contributed by atoms with Crippen LogP contribution in [-0.2, 0) is 4.79 Å². The van der Waals surface area contributed by atoms with Gasteiger partial charge in [-0.1, -0.05) is 36.8 Å². The highest BCUT2D eigenvalue weighted by Crippen LogP contribution is 2.36. The average Bonchev–Trinajstić information content (AvgIpc) is 3.24. The van der Waals surface area contributed by atoms with Crippen molar-refractivity contribution in [1.82, 2.24) is 10.2 Å². The Morgan fingerprint density at radius 2 is 1.86 bits per heavy atom. The fourth-order valence-corrected chi connectivity index (χ4v) is 3.47. The van der Waals surface area contributed by atoms with E-state index in [1.54, 1.807) is 0 Å². The minimum atomic E-state index is 0.178. The summed E-state index contributed by atoms with van der Waals surface area (Å²) in [7, 11) is 0. The highest BCUT2D eigenvalue weighted by molar-refractivity contribution is 5.78. The van der Waals surface area contributed by atoms with Gasteiger partial charge in [-0.2, -0.15) is 0 Å². The van der Waals surface area contributed by atoms with Gasteiger partial charge in [-0.15, -0.1) is 0 Å². The van der Waals surface area contributed by atoms with E-state index in [0.29, 0.717) is 12.0 Å². The summed E-state index contributed by atoms with van der Waals surface area (Å²) in [6.07, 6.45) is 4.99. The fourth-order valence-electron chi connectivity index (χ4n) is 3.47. The van der Waals surface area contributed by atoms with E-state index in [0.717, 1.165) is 19.6 Å². The zero-order valence-electron chi connectivity index (χ0n) is 13.8. The van der Waals surface area contributed by atoms with Crippen molar-refractivity contribution in [1.29, 1.82) is 0 Å². The number of hydrogen-bond donors (Lipinski definition) is 1. The van der Waals surface area contributed by atoms with Crippen LogP contribution >= 0.6 is 0 Å². The number of hydrogen-bond acceptors (Lipinski definition) is 2. The number of carbonyl (C=O) groups is 1. The molecular weight excluding hydrogens is 272 g/mol. The molecule has 3 nitrogen and oxygen atoms in total. The molecule has 0 spiro atoms. The number of aryl methyl sites for hydroxylation is 1. The van der Waals surface area contributed by atoms with Gasteiger partial charge in [-0.25, -0.2) is 0 Å². The van der Waals surface area contributed by atoms with Crippen LogP contribution in [-0.4, -0.2) is 30.4 Å². The van der Waals surface area contributed by atoms with E-state index in [1.807, 2.05) is 0 Å². The topological polar surface area (TPSA) is 32.3 Å². The molecule has 2 fully saturated rings. The number of nitrogens with one attached hydrogen (secondary N) is 1. The predicted molar refractivity (Wildman–Crippen MR) is 89.6 cm³/mol. The minimum Gasteiger partial charge on any atom is -0.354 e. The number of nitrogens with zero attached hydrogens (tertiary/aromatic N) is 1. The first-order valence-corrected chi connectivity index (χ1v) is 8.73. The molecule has 2 atom stereocenters. The summed E-state index contributed by atoms with van der Waals surface area (Å²) in [5, 5.41) is 3.21. The molecule has 1 heterocycles. The van der Waals surface area contributed by atoms with E-state index in [2.05, 4.69) is 48.3 Å². The molecule has 2 unspecified atom stereocenters. The van der Waals surface area contributed by atoms with Crippen LogP contribution in [0.4, 0.5) is 0 Å². The summed E-state index contributed by atoms with van der Waals surface area (Å²) >= 11 is 0. The second-order valence-electron chi connectivity index (χ2n) is 7.04. The van der Waals surface area contributed by atoms with Gasteiger partial charge >= 0.3 is 0 Å². The quantitative estimate of drug-likeness (QED) is 0.874. The van der Waals surface area contributed by atoms with E-state index in [9.17, 15) is 4.79 Å². The van der Waals surface area contributed by atoms with Crippen LogP contribution in [0.15, 0.2) is 24.3 Å². The van der Waals surface area contributed by atoms with Gasteiger partial charge in [0.1, 0.15) is 0 Å². The van der Waals surface area contributed by atoms with Crippen molar-refractivity contribution in [2.75, 3.05) is 19.6 Å². The molecule has 0 aromatic heterocycles. The summed E-state index contributed by atoms with van der Waals surface area (Å²) in [4.78, 5) is 14.8. The maximum Gasteiger partial charge on any atom is 0.223 e. The first kappa shape index (κ1) is 15.5. The van der Waals surface area contributed by atoms with Gasteiger partial charge in [0.25, 0.3) is 0 Å². The number of benzene rings is 1. The van der Waals surface area contributed by atoms with Crippen LogP contribution in [0.5, 0.6) is 0 Å². The maximum atomic E-state index is 12.3. The van der Waals surface area contributed by atoms with Crippen molar-refractivity contribution in [3.63, 3.8) is 0 Å². The number of rotatable bonds is 6. The Morgan fingerprint density at radius 3 is 2.45 bits per heavy atom. The fraction of sp³-hybridized carbons (Fsp3) is 0.632. The molecule has 22 heavy (non-hydrogen) atoms. The van der Waals surface area contributed by atoms with Crippen LogP contribution in [0.1, 0.15) is 49.8 Å². The van der Waals surface area contributed by atoms with Gasteiger partial charge in [-0.3, -0.25) is 9.69 Å². The molecule has 3 heteroatoms. The van der Waals surface area contributed by atoms with Gasteiger partial charge < -0.3 is 5.32 Å². The smallest absolute Gasteiger partial charge is 0.223 e. The van der Waals surface area contributed by atoms with Gasteiger partial charge in [0.15, 0.2) is 0 Å². The third-order valence-electron chi connectivity index (χ3n) is 5.26. The largest absolute Gasteiger partial charge is 0.354 e. The standard InChI is InChI=1S/C19H28N2O/c1-14-5-7-17(8-6-14)18(21-11-3-4-12-21)13-20-19(22)15(2)16-9-10-16/h5-8,15-16,18H,3-4,9-13H2,1-2H3,(H,20,22). The maximum absolute atomic E-state index is 12.3. The Bertz CT molecular complexity index is 501. The molecule has 2 aliphatic rings. The van der Waals surface area contributed by atoms with E-state index < -0.39 is 0 Å². The summed E-state index contributed by atoms with van der Waals surface area (Å²) in [5.74, 6) is 1.04. The molecule has 1 amide bonds. The normalized spacial score (nSPS) is 21.5. The molecule has 0 bridgehead atoms. The lowest BCUT2D eigenvalue weighted by molar-refractivity contribution is -0.125. The third-order valence-corrected chi connectivity index (χ3v) is 5.26. The molecule has 1 N–H and O–H groups in total. The third kappa shape index (κ3) is 3.70. The number of likely N-dealkylation sites (tertiary alicyclic amines) is 1. The lowest BCUT2D eigenvalue weighted by Crippen LogP contribution is -2.39. The Labute approximate surface area is 134 Å². The number of carbonyl (C=O) groups excluding carboxylic acids is 1. The van der Waals surface area contributed by atoms with Crippen LogP contribution in [0.25, 0.3) is 0 Å². The van der Waals surface area contributed by atoms with Gasteiger partial charge in [-0.05, 0) is 57.2 Å². The molecule has 1 aliphatic carbocycles. The average molecular weight is 300 g/mol. The van der Waals surface area contributed by atoms with Crippen LogP contribution in [0.2, 0.25) is 0 Å². The van der Waals surface area contributed by atoms with Crippen LogP contribution in [0, 0.1) is 18.8 Å². The van der Waals surface area contributed by atoms with E-state index in [-0.39, 0.29) is 11.8 Å². The van der Waals surface area contributed by atoms with Gasteiger partial charge in [0.05, 0.1) is 6.04 Å². The Hall–Kier alpha value is -1.35. The van der Waals surface area contributed by atoms with Crippen molar-refractivity contribution in [3.05, 3.63) is 35.4 Å². The van der Waals surface area contributed by atoms with Crippen molar-refractivity contribution in [2.45, 2.75) is 45.6 Å². The van der Waals surface area contributed by atoms with Crippen LogP contribution < -0.4 is 5.32 Å². The second-order valence-corrected chi connectivity index (χ2v) is 7.04. The molecule has 1 saturated heterocycles. The van der Waals surface area contributed by atoms with Gasteiger partial charge in [0.2, 0.25) is 5.91 Å². The second kappa shape index (κ2) is 6.82. The Balaban J connectivity index is 1.65. The molecule has 120 valence electrons. The number of amides is 1. The molecule has 1 aromatic rings.